The highest BCUT2D eigenvalue weighted by molar-refractivity contribution is 7.89. The van der Waals surface area contributed by atoms with Gasteiger partial charge in [0, 0.05) is 12.6 Å². The van der Waals surface area contributed by atoms with Crippen LogP contribution in [-0.4, -0.2) is 26.9 Å². The van der Waals surface area contributed by atoms with Crippen LogP contribution in [0.15, 0.2) is 17.0 Å². The van der Waals surface area contributed by atoms with Gasteiger partial charge in [0.2, 0.25) is 10.0 Å². The van der Waals surface area contributed by atoms with Crippen LogP contribution >= 0.6 is 23.2 Å². The van der Waals surface area contributed by atoms with Crippen LogP contribution in [0.4, 0.5) is 0 Å². The summed E-state index contributed by atoms with van der Waals surface area (Å²) in [5.41, 5.74) is 0.107. The normalized spacial score (nSPS) is 15.0. The smallest absolute Gasteiger partial charge is 0.252 e. The highest BCUT2D eigenvalue weighted by Crippen LogP contribution is 2.30. The minimum atomic E-state index is -3.76. The van der Waals surface area contributed by atoms with Crippen molar-refractivity contribution in [3.63, 3.8) is 0 Å². The van der Waals surface area contributed by atoms with Gasteiger partial charge in [-0.2, -0.15) is 0 Å². The summed E-state index contributed by atoms with van der Waals surface area (Å²) in [5.74, 6) is 0.0462. The number of nitrogens with one attached hydrogen (secondary N) is 2. The molecule has 1 fully saturated rings. The average molecular weight is 379 g/mol. The topological polar surface area (TPSA) is 75.3 Å². The third-order valence-electron chi connectivity index (χ3n) is 3.46. The van der Waals surface area contributed by atoms with E-state index < -0.39 is 15.9 Å². The zero-order valence-corrected chi connectivity index (χ0v) is 15.4. The molecule has 0 bridgehead atoms. The molecular formula is C15H20Cl2N2O3S. The number of rotatable bonds is 7. The van der Waals surface area contributed by atoms with E-state index in [9.17, 15) is 13.2 Å². The molecule has 1 aliphatic carbocycles. The Balaban J connectivity index is 2.23. The van der Waals surface area contributed by atoms with Gasteiger partial charge in [0.15, 0.2) is 0 Å². The molecule has 2 N–H and O–H groups in total. The Morgan fingerprint density at radius 2 is 1.91 bits per heavy atom. The number of hydrogen-bond donors (Lipinski definition) is 2. The summed E-state index contributed by atoms with van der Waals surface area (Å²) in [6, 6.07) is 2.48. The van der Waals surface area contributed by atoms with Crippen LogP contribution in [0, 0.1) is 5.92 Å². The lowest BCUT2D eigenvalue weighted by atomic mass is 10.1. The number of carbonyl (C=O) groups is 1. The van der Waals surface area contributed by atoms with Crippen LogP contribution in [0.3, 0.4) is 0 Å². The first-order chi connectivity index (χ1) is 10.7. The van der Waals surface area contributed by atoms with Crippen molar-refractivity contribution >= 4 is 39.1 Å². The molecule has 1 aromatic carbocycles. The molecule has 0 unspecified atom stereocenters. The monoisotopic (exact) mass is 378 g/mol. The van der Waals surface area contributed by atoms with E-state index in [1.807, 2.05) is 0 Å². The van der Waals surface area contributed by atoms with Crippen molar-refractivity contribution in [1.82, 2.24) is 10.0 Å². The van der Waals surface area contributed by atoms with Gasteiger partial charge in [0.1, 0.15) is 4.90 Å². The molecule has 1 amide bonds. The summed E-state index contributed by atoms with van der Waals surface area (Å²) in [5, 5.41) is 2.87. The van der Waals surface area contributed by atoms with Gasteiger partial charge in [-0.3, -0.25) is 4.79 Å². The van der Waals surface area contributed by atoms with E-state index in [1.54, 1.807) is 0 Å². The summed E-state index contributed by atoms with van der Waals surface area (Å²) in [4.78, 5) is 12.1. The van der Waals surface area contributed by atoms with Gasteiger partial charge >= 0.3 is 0 Å². The fourth-order valence-electron chi connectivity index (χ4n) is 1.96. The Morgan fingerprint density at radius 3 is 2.48 bits per heavy atom. The number of halogens is 2. The van der Waals surface area contributed by atoms with E-state index in [2.05, 4.69) is 23.9 Å². The maximum absolute atomic E-state index is 12.3. The third kappa shape index (κ3) is 5.08. The highest BCUT2D eigenvalue weighted by atomic mass is 35.5. The van der Waals surface area contributed by atoms with Gasteiger partial charge in [-0.15, -0.1) is 0 Å². The minimum absolute atomic E-state index is 0.00174. The molecule has 1 saturated carbocycles. The molecule has 0 aromatic heterocycles. The Hall–Kier alpha value is -0.820. The van der Waals surface area contributed by atoms with E-state index in [-0.39, 0.29) is 26.5 Å². The Kier molecular flexibility index (Phi) is 5.94. The van der Waals surface area contributed by atoms with Gasteiger partial charge in [-0.05, 0) is 37.3 Å². The number of carbonyl (C=O) groups excluding carboxylic acids is 1. The second kappa shape index (κ2) is 7.38. The number of amides is 1. The van der Waals surface area contributed by atoms with Crippen LogP contribution < -0.4 is 10.0 Å². The first kappa shape index (κ1) is 18.5. The summed E-state index contributed by atoms with van der Waals surface area (Å²) < 4.78 is 27.2. The lowest BCUT2D eigenvalue weighted by molar-refractivity contribution is 0.0952. The van der Waals surface area contributed by atoms with Crippen molar-refractivity contribution in [3.8, 4) is 0 Å². The largest absolute Gasteiger partial charge is 0.352 e. The van der Waals surface area contributed by atoms with Crippen LogP contribution in [0.2, 0.25) is 10.0 Å². The fraction of sp³-hybridized carbons (Fsp3) is 0.533. The first-order valence-electron chi connectivity index (χ1n) is 7.50. The quantitative estimate of drug-likeness (QED) is 0.764. The average Bonchev–Trinajstić information content (AvgIpc) is 3.20. The number of hydrogen-bond acceptors (Lipinski definition) is 3. The van der Waals surface area contributed by atoms with Gasteiger partial charge in [-0.1, -0.05) is 37.0 Å². The lowest BCUT2D eigenvalue weighted by Crippen LogP contribution is -2.28. The zero-order valence-electron chi connectivity index (χ0n) is 13.0. The number of sulfonamides is 1. The van der Waals surface area contributed by atoms with Crippen molar-refractivity contribution in [2.45, 2.75) is 44.0 Å². The van der Waals surface area contributed by atoms with E-state index in [0.717, 1.165) is 19.3 Å². The molecule has 1 aromatic rings. The van der Waals surface area contributed by atoms with Crippen molar-refractivity contribution in [2.24, 2.45) is 5.92 Å². The van der Waals surface area contributed by atoms with Crippen molar-refractivity contribution in [3.05, 3.63) is 27.7 Å². The van der Waals surface area contributed by atoms with E-state index in [1.165, 1.54) is 12.1 Å². The van der Waals surface area contributed by atoms with Gasteiger partial charge in [-0.25, -0.2) is 13.1 Å². The molecule has 23 heavy (non-hydrogen) atoms. The van der Waals surface area contributed by atoms with Crippen LogP contribution in [-0.2, 0) is 10.0 Å². The second-order valence-corrected chi connectivity index (χ2v) is 8.59. The molecule has 0 saturated heterocycles. The van der Waals surface area contributed by atoms with Crippen molar-refractivity contribution in [2.75, 3.05) is 6.54 Å². The van der Waals surface area contributed by atoms with E-state index in [4.69, 9.17) is 23.2 Å². The third-order valence-corrected chi connectivity index (χ3v) is 5.76. The second-order valence-electron chi connectivity index (χ2n) is 6.10. The SMILES string of the molecule is CC(C)CCNC(=O)c1cc(S(=O)(=O)NC2CC2)c(Cl)cc1Cl. The fourth-order valence-corrected chi connectivity index (χ4v) is 4.13. The molecule has 0 spiro atoms. The van der Waals surface area contributed by atoms with Gasteiger partial charge in [0.05, 0.1) is 15.6 Å². The van der Waals surface area contributed by atoms with Gasteiger partial charge in [0.25, 0.3) is 5.91 Å². The Labute approximate surface area is 146 Å². The standard InChI is InChI=1S/C15H20Cl2N2O3S/c1-9(2)5-6-18-15(20)11-7-14(13(17)8-12(11)16)23(21,22)19-10-3-4-10/h7-10,19H,3-6H2,1-2H3,(H,18,20). The zero-order chi connectivity index (χ0) is 17.2. The molecule has 5 nitrogen and oxygen atoms in total. The van der Waals surface area contributed by atoms with Gasteiger partial charge < -0.3 is 5.32 Å². The maximum Gasteiger partial charge on any atom is 0.252 e. The molecule has 0 aliphatic heterocycles. The lowest BCUT2D eigenvalue weighted by Gasteiger charge is -2.12. The number of benzene rings is 1. The predicted octanol–water partition coefficient (Wildman–Crippen LogP) is 3.21. The minimum Gasteiger partial charge on any atom is -0.352 e. The molecular weight excluding hydrogens is 359 g/mol. The maximum atomic E-state index is 12.3. The van der Waals surface area contributed by atoms with Crippen LogP contribution in [0.1, 0.15) is 43.5 Å². The van der Waals surface area contributed by atoms with Crippen LogP contribution in [0.25, 0.3) is 0 Å². The predicted molar refractivity (Wildman–Crippen MR) is 91.6 cm³/mol. The highest BCUT2D eigenvalue weighted by Gasteiger charge is 2.30. The summed E-state index contributed by atoms with van der Waals surface area (Å²) in [6.45, 7) is 4.60. The molecule has 2 rings (SSSR count). The molecule has 8 heteroatoms. The summed E-state index contributed by atoms with van der Waals surface area (Å²) in [6.07, 6.45) is 2.45. The van der Waals surface area contributed by atoms with Crippen LogP contribution in [0.5, 0.6) is 0 Å². The van der Waals surface area contributed by atoms with E-state index >= 15 is 0 Å². The van der Waals surface area contributed by atoms with Crippen molar-refractivity contribution < 1.29 is 13.2 Å². The first-order valence-corrected chi connectivity index (χ1v) is 9.74. The molecule has 1 aliphatic rings. The Morgan fingerprint density at radius 1 is 1.26 bits per heavy atom. The van der Waals surface area contributed by atoms with Crippen molar-refractivity contribution in [1.29, 1.82) is 0 Å². The summed E-state index contributed by atoms with van der Waals surface area (Å²) in [7, 11) is -3.76. The van der Waals surface area contributed by atoms with E-state index in [0.29, 0.717) is 12.5 Å². The molecule has 0 atom stereocenters. The molecule has 0 radical (unpaired) electrons. The molecule has 128 valence electrons. The Bertz CT molecular complexity index is 701. The molecule has 0 heterocycles. The summed E-state index contributed by atoms with van der Waals surface area (Å²) >= 11 is 12.1.